The minimum Gasteiger partial charge on any atom is -0.385 e. The molecule has 1 aliphatic rings. The maximum Gasteiger partial charge on any atom is 0.240 e. The average Bonchev–Trinajstić information content (AvgIpc) is 2.98. The molecule has 20 heavy (non-hydrogen) atoms. The maximum atomic E-state index is 12.2. The Balaban J connectivity index is 1.80. The monoisotopic (exact) mass is 294 g/mol. The highest BCUT2D eigenvalue weighted by molar-refractivity contribution is 7.89. The summed E-state index contributed by atoms with van der Waals surface area (Å²) in [6, 6.07) is 5.10. The number of H-pyrrole nitrogens is 1. The highest BCUT2D eigenvalue weighted by atomic mass is 32.2. The molecule has 1 aliphatic heterocycles. The second-order valence-corrected chi connectivity index (χ2v) is 6.27. The largest absolute Gasteiger partial charge is 0.385 e. The molecule has 3 rings (SSSR count). The molecule has 0 unspecified atom stereocenters. The Labute approximate surface area is 116 Å². The van der Waals surface area contributed by atoms with E-state index in [0.717, 1.165) is 30.6 Å². The van der Waals surface area contributed by atoms with Crippen LogP contribution in [-0.2, 0) is 23.0 Å². The molecule has 9 heteroatoms. The number of anilines is 1. The molecule has 8 nitrogen and oxygen atoms in total. The zero-order chi connectivity index (χ0) is 14.0. The molecule has 2 heterocycles. The molecule has 0 fully saturated rings. The number of fused-ring (bicyclic) bond motifs is 1. The zero-order valence-corrected chi connectivity index (χ0v) is 11.4. The fourth-order valence-corrected chi connectivity index (χ4v) is 3.15. The van der Waals surface area contributed by atoms with Crippen LogP contribution >= 0.6 is 0 Å². The van der Waals surface area contributed by atoms with Crippen LogP contribution in [0, 0.1) is 0 Å². The molecule has 0 aliphatic carbocycles. The van der Waals surface area contributed by atoms with E-state index < -0.39 is 10.0 Å². The molecule has 0 atom stereocenters. The van der Waals surface area contributed by atoms with Gasteiger partial charge in [0.25, 0.3) is 0 Å². The van der Waals surface area contributed by atoms with Crippen molar-refractivity contribution in [2.24, 2.45) is 0 Å². The molecular weight excluding hydrogens is 280 g/mol. The van der Waals surface area contributed by atoms with Crippen LogP contribution < -0.4 is 10.0 Å². The molecule has 0 bridgehead atoms. The molecule has 0 saturated carbocycles. The van der Waals surface area contributed by atoms with Crippen LogP contribution in [0.4, 0.5) is 5.69 Å². The van der Waals surface area contributed by atoms with Crippen LogP contribution in [0.2, 0.25) is 0 Å². The Morgan fingerprint density at radius 2 is 2.25 bits per heavy atom. The third kappa shape index (κ3) is 2.63. The summed E-state index contributed by atoms with van der Waals surface area (Å²) in [5.41, 5.74) is 2.03. The summed E-state index contributed by atoms with van der Waals surface area (Å²) in [4.78, 5) is 0.253. The molecule has 0 amide bonds. The van der Waals surface area contributed by atoms with Gasteiger partial charge in [-0.25, -0.2) is 13.1 Å². The zero-order valence-electron chi connectivity index (χ0n) is 10.6. The van der Waals surface area contributed by atoms with E-state index in [9.17, 15) is 8.42 Å². The smallest absolute Gasteiger partial charge is 0.240 e. The van der Waals surface area contributed by atoms with Gasteiger partial charge in [0, 0.05) is 12.2 Å². The summed E-state index contributed by atoms with van der Waals surface area (Å²) in [6.45, 7) is 0.934. The molecule has 0 saturated heterocycles. The maximum absolute atomic E-state index is 12.2. The van der Waals surface area contributed by atoms with Crippen molar-refractivity contribution in [3.8, 4) is 0 Å². The van der Waals surface area contributed by atoms with Crippen LogP contribution in [0.3, 0.4) is 0 Å². The lowest BCUT2D eigenvalue weighted by Crippen LogP contribution is -2.24. The highest BCUT2D eigenvalue weighted by Crippen LogP contribution is 2.24. The van der Waals surface area contributed by atoms with E-state index in [0.29, 0.717) is 5.82 Å². The predicted octanol–water partition coefficient (Wildman–Crippen LogP) is 0.0363. The van der Waals surface area contributed by atoms with Gasteiger partial charge in [-0.3, -0.25) is 0 Å². The van der Waals surface area contributed by atoms with Crippen molar-refractivity contribution in [1.82, 2.24) is 25.3 Å². The van der Waals surface area contributed by atoms with Gasteiger partial charge in [0.2, 0.25) is 10.0 Å². The van der Waals surface area contributed by atoms with Crippen molar-refractivity contribution in [2.45, 2.75) is 24.3 Å². The first-order chi connectivity index (χ1) is 9.65. The normalized spacial score (nSPS) is 14.6. The van der Waals surface area contributed by atoms with Gasteiger partial charge in [0.1, 0.15) is 0 Å². The van der Waals surface area contributed by atoms with Crippen molar-refractivity contribution in [3.63, 3.8) is 0 Å². The van der Waals surface area contributed by atoms with Crippen LogP contribution in [0.25, 0.3) is 0 Å². The lowest BCUT2D eigenvalue weighted by molar-refractivity contribution is 0.579. The number of hydrogen-bond acceptors (Lipinski definition) is 6. The summed E-state index contributed by atoms with van der Waals surface area (Å²) in [5.74, 6) is 0.299. The fraction of sp³-hybridized carbons (Fsp3) is 0.364. The van der Waals surface area contributed by atoms with Crippen LogP contribution in [0.1, 0.15) is 17.8 Å². The third-order valence-electron chi connectivity index (χ3n) is 3.13. The quantitative estimate of drug-likeness (QED) is 0.733. The summed E-state index contributed by atoms with van der Waals surface area (Å²) >= 11 is 0. The van der Waals surface area contributed by atoms with E-state index in [1.807, 2.05) is 0 Å². The number of nitrogens with zero attached hydrogens (tertiary/aromatic N) is 3. The summed E-state index contributed by atoms with van der Waals surface area (Å²) in [7, 11) is -3.57. The number of aryl methyl sites for hydroxylation is 1. The predicted molar refractivity (Wildman–Crippen MR) is 71.5 cm³/mol. The number of tetrazole rings is 1. The second-order valence-electron chi connectivity index (χ2n) is 4.50. The minimum absolute atomic E-state index is 0.00810. The standard InChI is InChI=1S/C11H14N6O2S/c18-20(19,13-7-11-14-16-17-15-11)9-3-4-10-8(6-9)2-1-5-12-10/h3-4,6,12-13H,1-2,5,7H2,(H,14,15,16,17). The number of benzene rings is 1. The minimum atomic E-state index is -3.57. The van der Waals surface area contributed by atoms with Crippen molar-refractivity contribution in [1.29, 1.82) is 0 Å². The van der Waals surface area contributed by atoms with Crippen LogP contribution in [0.5, 0.6) is 0 Å². The van der Waals surface area contributed by atoms with Gasteiger partial charge in [-0.15, -0.1) is 10.2 Å². The van der Waals surface area contributed by atoms with Gasteiger partial charge < -0.3 is 5.32 Å². The molecule has 3 N–H and O–H groups in total. The van der Waals surface area contributed by atoms with Gasteiger partial charge >= 0.3 is 0 Å². The molecule has 2 aromatic rings. The van der Waals surface area contributed by atoms with Crippen molar-refractivity contribution < 1.29 is 8.42 Å². The lowest BCUT2D eigenvalue weighted by atomic mass is 10.0. The molecule has 106 valence electrons. The Hall–Kier alpha value is -2.00. The molecule has 0 radical (unpaired) electrons. The lowest BCUT2D eigenvalue weighted by Gasteiger charge is -2.18. The number of aromatic nitrogens is 4. The van der Waals surface area contributed by atoms with Crippen LogP contribution in [0.15, 0.2) is 23.1 Å². The Kier molecular flexibility index (Phi) is 3.36. The Morgan fingerprint density at radius 3 is 3.05 bits per heavy atom. The fourth-order valence-electron chi connectivity index (χ4n) is 2.12. The van der Waals surface area contributed by atoms with E-state index in [-0.39, 0.29) is 11.4 Å². The third-order valence-corrected chi connectivity index (χ3v) is 4.53. The van der Waals surface area contributed by atoms with Gasteiger partial charge in [-0.1, -0.05) is 5.21 Å². The second kappa shape index (κ2) is 5.17. The van der Waals surface area contributed by atoms with E-state index in [4.69, 9.17) is 0 Å². The van der Waals surface area contributed by atoms with Crippen molar-refractivity contribution >= 4 is 15.7 Å². The summed E-state index contributed by atoms with van der Waals surface area (Å²) < 4.78 is 26.8. The number of rotatable bonds is 4. The van der Waals surface area contributed by atoms with E-state index in [1.165, 1.54) is 0 Å². The molecule has 1 aromatic heterocycles. The van der Waals surface area contributed by atoms with Gasteiger partial charge in [0.15, 0.2) is 5.82 Å². The molecule has 0 spiro atoms. The number of aromatic amines is 1. The molecule has 1 aromatic carbocycles. The Bertz CT molecular complexity index is 698. The summed E-state index contributed by atoms with van der Waals surface area (Å²) in [5, 5.41) is 16.3. The first-order valence-corrected chi connectivity index (χ1v) is 7.72. The number of sulfonamides is 1. The SMILES string of the molecule is O=S(=O)(NCc1nn[nH]n1)c1ccc2c(c1)CCCN2. The number of nitrogens with one attached hydrogen (secondary N) is 3. The first kappa shape index (κ1) is 13.0. The van der Waals surface area contributed by atoms with E-state index >= 15 is 0 Å². The molecular formula is C11H14N6O2S. The highest BCUT2D eigenvalue weighted by Gasteiger charge is 2.18. The van der Waals surface area contributed by atoms with Crippen molar-refractivity contribution in [2.75, 3.05) is 11.9 Å². The van der Waals surface area contributed by atoms with Crippen molar-refractivity contribution in [3.05, 3.63) is 29.6 Å². The van der Waals surface area contributed by atoms with E-state index in [2.05, 4.69) is 30.7 Å². The average molecular weight is 294 g/mol. The number of hydrogen-bond donors (Lipinski definition) is 3. The van der Waals surface area contributed by atoms with Gasteiger partial charge in [-0.2, -0.15) is 5.21 Å². The van der Waals surface area contributed by atoms with Gasteiger partial charge in [0.05, 0.1) is 11.4 Å². The Morgan fingerprint density at radius 1 is 1.35 bits per heavy atom. The van der Waals surface area contributed by atoms with E-state index in [1.54, 1.807) is 18.2 Å². The van der Waals surface area contributed by atoms with Gasteiger partial charge in [-0.05, 0) is 36.6 Å². The summed E-state index contributed by atoms with van der Waals surface area (Å²) in [6.07, 6.45) is 1.89. The topological polar surface area (TPSA) is 113 Å². The first-order valence-electron chi connectivity index (χ1n) is 6.24. The van der Waals surface area contributed by atoms with Crippen LogP contribution in [-0.4, -0.2) is 35.6 Å².